The molecule has 3 nitrogen and oxygen atoms in total. The highest BCUT2D eigenvalue weighted by Crippen LogP contribution is 2.31. The van der Waals surface area contributed by atoms with Gasteiger partial charge in [0.05, 0.1) is 0 Å². The summed E-state index contributed by atoms with van der Waals surface area (Å²) in [5.74, 6) is 0.0181. The number of rotatable bonds is 4. The summed E-state index contributed by atoms with van der Waals surface area (Å²) in [7, 11) is 0. The number of carbonyl (C=O) groups excluding carboxylic acids is 1. The lowest BCUT2D eigenvalue weighted by Crippen LogP contribution is -2.32. The Balaban J connectivity index is 1.85. The molecule has 1 aliphatic rings. The molecule has 3 rings (SSSR count). The zero-order chi connectivity index (χ0) is 14.8. The number of nitrogens with zero attached hydrogens (tertiary/aromatic N) is 2. The Morgan fingerprint density at radius 3 is 2.81 bits per heavy atom. The summed E-state index contributed by atoms with van der Waals surface area (Å²) >= 11 is 9.43. The first kappa shape index (κ1) is 14.5. The van der Waals surface area contributed by atoms with Gasteiger partial charge in [-0.2, -0.15) is 0 Å². The molecule has 2 aromatic rings. The predicted molar refractivity (Wildman–Crippen MR) is 86.3 cm³/mol. The van der Waals surface area contributed by atoms with Gasteiger partial charge in [0, 0.05) is 40.0 Å². The number of hydrogen-bond donors (Lipinski definition) is 0. The second kappa shape index (κ2) is 6.16. The minimum atomic E-state index is 0.0181. The second-order valence-electron chi connectivity index (χ2n) is 5.18. The van der Waals surface area contributed by atoms with E-state index >= 15 is 0 Å². The molecule has 1 fully saturated rings. The average Bonchev–Trinajstić information content (AvgIpc) is 3.29. The first-order chi connectivity index (χ1) is 10.1. The van der Waals surface area contributed by atoms with Gasteiger partial charge in [0.1, 0.15) is 0 Å². The summed E-state index contributed by atoms with van der Waals surface area (Å²) in [6.07, 6.45) is 5.67. The molecule has 5 heteroatoms. The topological polar surface area (TPSA) is 33.2 Å². The molecule has 0 bridgehead atoms. The van der Waals surface area contributed by atoms with E-state index in [1.807, 2.05) is 23.1 Å². The van der Waals surface area contributed by atoms with Crippen LogP contribution < -0.4 is 0 Å². The number of halogens is 2. The van der Waals surface area contributed by atoms with Crippen LogP contribution in [-0.4, -0.2) is 21.8 Å². The van der Waals surface area contributed by atoms with Crippen molar-refractivity contribution in [2.45, 2.75) is 25.4 Å². The minimum Gasteiger partial charge on any atom is -0.331 e. The Morgan fingerprint density at radius 2 is 2.19 bits per heavy atom. The fraction of sp³-hybridized carbons (Fsp3) is 0.250. The number of pyridine rings is 1. The molecule has 21 heavy (non-hydrogen) atoms. The van der Waals surface area contributed by atoms with E-state index in [-0.39, 0.29) is 5.91 Å². The Labute approximate surface area is 137 Å². The number of aromatic nitrogens is 1. The van der Waals surface area contributed by atoms with Crippen molar-refractivity contribution in [1.29, 1.82) is 0 Å². The molecule has 1 aromatic heterocycles. The van der Waals surface area contributed by atoms with Crippen molar-refractivity contribution >= 4 is 33.4 Å². The lowest BCUT2D eigenvalue weighted by molar-refractivity contribution is 0.0729. The van der Waals surface area contributed by atoms with Crippen LogP contribution in [0, 0.1) is 0 Å². The van der Waals surface area contributed by atoms with Crippen molar-refractivity contribution in [3.8, 4) is 0 Å². The van der Waals surface area contributed by atoms with Gasteiger partial charge in [0.15, 0.2) is 0 Å². The summed E-state index contributed by atoms with van der Waals surface area (Å²) in [6.45, 7) is 0.585. The van der Waals surface area contributed by atoms with Crippen molar-refractivity contribution in [3.05, 3.63) is 63.3 Å². The third kappa shape index (κ3) is 3.63. The van der Waals surface area contributed by atoms with E-state index in [1.54, 1.807) is 24.5 Å². The van der Waals surface area contributed by atoms with Crippen LogP contribution in [0.2, 0.25) is 5.02 Å². The van der Waals surface area contributed by atoms with E-state index < -0.39 is 0 Å². The summed E-state index contributed by atoms with van der Waals surface area (Å²) in [5, 5.41) is 0.560. The van der Waals surface area contributed by atoms with Gasteiger partial charge >= 0.3 is 0 Å². The molecule has 0 aliphatic heterocycles. The second-order valence-corrected chi connectivity index (χ2v) is 6.54. The molecular formula is C16H14BrClN2O. The van der Waals surface area contributed by atoms with Crippen LogP contribution in [0.25, 0.3) is 0 Å². The fourth-order valence-electron chi connectivity index (χ4n) is 2.28. The highest BCUT2D eigenvalue weighted by atomic mass is 79.9. The maximum Gasteiger partial charge on any atom is 0.254 e. The first-order valence-corrected chi connectivity index (χ1v) is 7.96. The summed E-state index contributed by atoms with van der Waals surface area (Å²) < 4.78 is 0.815. The zero-order valence-corrected chi connectivity index (χ0v) is 13.6. The molecule has 0 spiro atoms. The average molecular weight is 366 g/mol. The molecule has 1 amide bonds. The molecule has 0 atom stereocenters. The Hall–Kier alpha value is -1.39. The monoisotopic (exact) mass is 364 g/mol. The van der Waals surface area contributed by atoms with Gasteiger partial charge < -0.3 is 4.90 Å². The molecule has 0 saturated heterocycles. The lowest BCUT2D eigenvalue weighted by Gasteiger charge is -2.22. The van der Waals surface area contributed by atoms with Crippen LogP contribution in [0.1, 0.15) is 28.8 Å². The van der Waals surface area contributed by atoms with Gasteiger partial charge in [-0.05, 0) is 42.7 Å². The maximum absolute atomic E-state index is 12.8. The smallest absolute Gasteiger partial charge is 0.254 e. The molecule has 1 aliphatic carbocycles. The molecule has 108 valence electrons. The van der Waals surface area contributed by atoms with Gasteiger partial charge in [0.25, 0.3) is 5.91 Å². The van der Waals surface area contributed by atoms with E-state index in [4.69, 9.17) is 11.6 Å². The van der Waals surface area contributed by atoms with Crippen molar-refractivity contribution in [1.82, 2.24) is 9.88 Å². The van der Waals surface area contributed by atoms with Crippen molar-refractivity contribution in [3.63, 3.8) is 0 Å². The molecule has 0 unspecified atom stereocenters. The molecule has 0 radical (unpaired) electrons. The van der Waals surface area contributed by atoms with E-state index in [0.717, 1.165) is 22.9 Å². The highest BCUT2D eigenvalue weighted by Gasteiger charge is 2.33. The Kier molecular flexibility index (Phi) is 4.27. The van der Waals surface area contributed by atoms with Crippen LogP contribution in [-0.2, 0) is 6.54 Å². The molecule has 0 N–H and O–H groups in total. The van der Waals surface area contributed by atoms with E-state index in [2.05, 4.69) is 20.9 Å². The quantitative estimate of drug-likeness (QED) is 0.809. The standard InChI is InChI=1S/C16H14BrClN2O/c17-13-6-12(7-14(18)8-13)16(21)20(15-3-4-15)10-11-2-1-5-19-9-11/h1-2,5-9,15H,3-4,10H2. The predicted octanol–water partition coefficient (Wildman–Crippen LogP) is 4.30. The zero-order valence-electron chi connectivity index (χ0n) is 11.3. The van der Waals surface area contributed by atoms with Crippen LogP contribution in [0.5, 0.6) is 0 Å². The Morgan fingerprint density at radius 1 is 1.38 bits per heavy atom. The fourth-order valence-corrected chi connectivity index (χ4v) is 3.14. The molecular weight excluding hydrogens is 352 g/mol. The number of hydrogen-bond acceptors (Lipinski definition) is 2. The highest BCUT2D eigenvalue weighted by molar-refractivity contribution is 9.10. The van der Waals surface area contributed by atoms with Crippen LogP contribution in [0.3, 0.4) is 0 Å². The van der Waals surface area contributed by atoms with Gasteiger partial charge in [-0.15, -0.1) is 0 Å². The number of carbonyl (C=O) groups is 1. The van der Waals surface area contributed by atoms with Gasteiger partial charge in [-0.1, -0.05) is 33.6 Å². The molecule has 1 saturated carbocycles. The largest absolute Gasteiger partial charge is 0.331 e. The first-order valence-electron chi connectivity index (χ1n) is 6.79. The van der Waals surface area contributed by atoms with Crippen molar-refractivity contribution in [2.24, 2.45) is 0 Å². The summed E-state index contributed by atoms with van der Waals surface area (Å²) in [5.41, 5.74) is 1.66. The van der Waals surface area contributed by atoms with Gasteiger partial charge in [-0.25, -0.2) is 0 Å². The van der Waals surface area contributed by atoms with E-state index in [9.17, 15) is 4.79 Å². The molecule has 1 heterocycles. The SMILES string of the molecule is O=C(c1cc(Cl)cc(Br)c1)N(Cc1cccnc1)C1CC1. The maximum atomic E-state index is 12.8. The Bertz CT molecular complexity index is 638. The van der Waals surface area contributed by atoms with Crippen LogP contribution in [0.4, 0.5) is 0 Å². The van der Waals surface area contributed by atoms with Gasteiger partial charge in [0.2, 0.25) is 0 Å². The lowest BCUT2D eigenvalue weighted by atomic mass is 10.1. The van der Waals surface area contributed by atoms with Crippen molar-refractivity contribution in [2.75, 3.05) is 0 Å². The molecule has 1 aromatic carbocycles. The van der Waals surface area contributed by atoms with E-state index in [0.29, 0.717) is 23.2 Å². The minimum absolute atomic E-state index is 0.0181. The summed E-state index contributed by atoms with van der Waals surface area (Å²) in [4.78, 5) is 18.8. The number of amides is 1. The number of benzene rings is 1. The van der Waals surface area contributed by atoms with Crippen LogP contribution in [0.15, 0.2) is 47.2 Å². The summed E-state index contributed by atoms with van der Waals surface area (Å²) in [6, 6.07) is 9.52. The third-order valence-electron chi connectivity index (χ3n) is 3.43. The normalized spacial score (nSPS) is 14.0. The van der Waals surface area contributed by atoms with E-state index in [1.165, 1.54) is 0 Å². The third-order valence-corrected chi connectivity index (χ3v) is 4.11. The van der Waals surface area contributed by atoms with Crippen LogP contribution >= 0.6 is 27.5 Å². The van der Waals surface area contributed by atoms with Gasteiger partial charge in [-0.3, -0.25) is 9.78 Å². The van der Waals surface area contributed by atoms with Crippen molar-refractivity contribution < 1.29 is 4.79 Å².